The van der Waals surface area contributed by atoms with Crippen LogP contribution >= 0.6 is 35.0 Å². The molecule has 182 valence electrons. The first-order valence-corrected chi connectivity index (χ1v) is 13.1. The zero-order valence-corrected chi connectivity index (χ0v) is 21.3. The van der Waals surface area contributed by atoms with E-state index in [0.717, 1.165) is 22.4 Å². The molecule has 1 aromatic heterocycles. The fourth-order valence-electron chi connectivity index (χ4n) is 4.27. The molecule has 3 atom stereocenters. The Kier molecular flexibility index (Phi) is 7.21. The van der Waals surface area contributed by atoms with Crippen LogP contribution in [-0.2, 0) is 4.79 Å². The number of hydrogen-bond acceptors (Lipinski definition) is 5. The number of benzene rings is 3. The van der Waals surface area contributed by atoms with Gasteiger partial charge in [-0.05, 0) is 64.7 Å². The number of phenolic OH excluding ortho intramolecular Hbond substituents is 1. The Labute approximate surface area is 223 Å². The Balaban J connectivity index is 1.37. The summed E-state index contributed by atoms with van der Waals surface area (Å²) in [5.74, 6) is 0.445. The van der Waals surface area contributed by atoms with Crippen molar-refractivity contribution in [2.45, 2.75) is 17.4 Å². The van der Waals surface area contributed by atoms with Crippen molar-refractivity contribution in [2.75, 3.05) is 10.7 Å². The van der Waals surface area contributed by atoms with Gasteiger partial charge in [-0.3, -0.25) is 9.78 Å². The van der Waals surface area contributed by atoms with E-state index in [-0.39, 0.29) is 22.9 Å². The normalized spacial score (nSPS) is 18.1. The number of carbonyl (C=O) groups is 1. The van der Waals surface area contributed by atoms with Gasteiger partial charge in [-0.25, -0.2) is 0 Å². The van der Waals surface area contributed by atoms with Crippen molar-refractivity contribution in [3.05, 3.63) is 112 Å². The zero-order chi connectivity index (χ0) is 25.2. The number of aromatic nitrogens is 1. The first-order chi connectivity index (χ1) is 17.4. The van der Waals surface area contributed by atoms with E-state index >= 15 is 0 Å². The smallest absolute Gasteiger partial charge is 0.243 e. The van der Waals surface area contributed by atoms with Gasteiger partial charge < -0.3 is 15.1 Å². The van der Waals surface area contributed by atoms with Gasteiger partial charge in [0.2, 0.25) is 5.91 Å². The van der Waals surface area contributed by atoms with Crippen molar-refractivity contribution in [1.29, 1.82) is 0 Å². The minimum atomic E-state index is -0.800. The minimum absolute atomic E-state index is 0.0338. The van der Waals surface area contributed by atoms with Gasteiger partial charge in [0.05, 0.1) is 22.2 Å². The number of thioether (sulfide) groups is 1. The fourth-order valence-corrected chi connectivity index (χ4v) is 5.87. The maximum absolute atomic E-state index is 13.3. The van der Waals surface area contributed by atoms with Crippen LogP contribution in [0, 0.1) is 0 Å². The Morgan fingerprint density at radius 3 is 2.36 bits per heavy atom. The predicted octanol–water partition coefficient (Wildman–Crippen LogP) is 6.68. The summed E-state index contributed by atoms with van der Waals surface area (Å²) in [4.78, 5) is 19.3. The molecule has 3 aromatic carbocycles. The molecule has 0 radical (unpaired) electrons. The summed E-state index contributed by atoms with van der Waals surface area (Å²) >= 11 is 13.5. The third-order valence-corrected chi connectivity index (χ3v) is 8.25. The molecule has 5 nitrogen and oxygen atoms in total. The summed E-state index contributed by atoms with van der Waals surface area (Å²) in [6.45, 7) is 0. The second-order valence-electron chi connectivity index (χ2n) is 8.48. The largest absolute Gasteiger partial charge is 0.508 e. The van der Waals surface area contributed by atoms with Gasteiger partial charge in [-0.1, -0.05) is 59.6 Å². The number of carbonyl (C=O) groups excluding carboxylic acids is 1. The highest BCUT2D eigenvalue weighted by atomic mass is 35.5. The van der Waals surface area contributed by atoms with Crippen molar-refractivity contribution in [3.8, 4) is 16.9 Å². The maximum atomic E-state index is 13.3. The Bertz CT molecular complexity index is 1370. The molecule has 2 N–H and O–H groups in total. The van der Waals surface area contributed by atoms with Crippen LogP contribution in [0.3, 0.4) is 0 Å². The molecule has 1 aliphatic rings. The van der Waals surface area contributed by atoms with Crippen LogP contribution in [0.4, 0.5) is 5.69 Å². The summed E-state index contributed by atoms with van der Waals surface area (Å²) in [6, 6.07) is 23.4. The quantitative estimate of drug-likeness (QED) is 0.257. The number of phenols is 1. The van der Waals surface area contributed by atoms with E-state index in [0.29, 0.717) is 21.4 Å². The van der Waals surface area contributed by atoms with Crippen LogP contribution in [-0.4, -0.2) is 32.1 Å². The van der Waals surface area contributed by atoms with Gasteiger partial charge in [0, 0.05) is 23.8 Å². The lowest BCUT2D eigenvalue weighted by molar-refractivity contribution is -0.123. The number of pyridine rings is 1. The van der Waals surface area contributed by atoms with E-state index < -0.39 is 6.10 Å². The highest BCUT2D eigenvalue weighted by Crippen LogP contribution is 2.46. The molecule has 0 unspecified atom stereocenters. The number of amides is 1. The molecule has 0 saturated carbocycles. The number of nitrogens with zero attached hydrogens (tertiary/aromatic N) is 2. The molecule has 1 aliphatic heterocycles. The van der Waals surface area contributed by atoms with Gasteiger partial charge in [-0.15, -0.1) is 11.8 Å². The van der Waals surface area contributed by atoms with Crippen molar-refractivity contribution >= 4 is 46.6 Å². The van der Waals surface area contributed by atoms with Crippen LogP contribution in [0.15, 0.2) is 91.3 Å². The molecule has 1 saturated heterocycles. The zero-order valence-electron chi connectivity index (χ0n) is 19.0. The van der Waals surface area contributed by atoms with E-state index in [1.807, 2.05) is 48.5 Å². The van der Waals surface area contributed by atoms with Crippen LogP contribution < -0.4 is 4.90 Å². The van der Waals surface area contributed by atoms with Crippen LogP contribution in [0.25, 0.3) is 11.1 Å². The molecule has 4 aromatic rings. The van der Waals surface area contributed by atoms with Crippen molar-refractivity contribution in [2.24, 2.45) is 0 Å². The number of aliphatic hydroxyl groups is 1. The molecule has 0 bridgehead atoms. The molecule has 0 aliphatic carbocycles. The average molecular weight is 537 g/mol. The van der Waals surface area contributed by atoms with Crippen LogP contribution in [0.2, 0.25) is 10.0 Å². The molecule has 5 rings (SSSR count). The number of aromatic hydroxyl groups is 1. The number of anilines is 1. The number of β-lactam (4-membered cyclic amide) rings is 1. The van der Waals surface area contributed by atoms with Crippen LogP contribution in [0.1, 0.15) is 23.3 Å². The Morgan fingerprint density at radius 1 is 0.944 bits per heavy atom. The number of aliphatic hydroxyl groups excluding tert-OH is 1. The summed E-state index contributed by atoms with van der Waals surface area (Å²) < 4.78 is 0. The lowest BCUT2D eigenvalue weighted by atomic mass is 9.92. The Morgan fingerprint density at radius 2 is 1.69 bits per heavy atom. The highest BCUT2D eigenvalue weighted by molar-refractivity contribution is 8.00. The van der Waals surface area contributed by atoms with E-state index in [9.17, 15) is 15.0 Å². The van der Waals surface area contributed by atoms with E-state index in [1.54, 1.807) is 47.6 Å². The molecule has 8 heteroatoms. The average Bonchev–Trinajstić information content (AvgIpc) is 2.90. The minimum Gasteiger partial charge on any atom is -0.508 e. The van der Waals surface area contributed by atoms with Gasteiger partial charge in [0.1, 0.15) is 11.0 Å². The third kappa shape index (κ3) is 4.95. The summed E-state index contributed by atoms with van der Waals surface area (Å²) in [7, 11) is 0. The van der Waals surface area contributed by atoms with Crippen molar-refractivity contribution < 1.29 is 15.0 Å². The van der Waals surface area contributed by atoms with Gasteiger partial charge in [0.15, 0.2) is 0 Å². The van der Waals surface area contributed by atoms with Crippen LogP contribution in [0.5, 0.6) is 5.75 Å². The SMILES string of the molecule is O=C1[C@H](SC[C@@H](O)c2ccc(Cl)c(Cl)c2)[C@@H](c2ccc(O)cc2)N1c1ccc(-c2cccnc2)cc1. The molecule has 1 amide bonds. The van der Waals surface area contributed by atoms with E-state index in [1.165, 1.54) is 11.8 Å². The second kappa shape index (κ2) is 10.5. The molecule has 36 heavy (non-hydrogen) atoms. The highest BCUT2D eigenvalue weighted by Gasteiger charge is 2.49. The van der Waals surface area contributed by atoms with Gasteiger partial charge in [0.25, 0.3) is 0 Å². The molecule has 0 spiro atoms. The van der Waals surface area contributed by atoms with E-state index in [4.69, 9.17) is 23.2 Å². The van der Waals surface area contributed by atoms with Gasteiger partial charge in [-0.2, -0.15) is 0 Å². The topological polar surface area (TPSA) is 73.7 Å². The standard InChI is InChI=1S/C28H22Cl2N2O3S/c29-23-12-7-19(14-24(23)30)25(34)16-36-27-26(18-5-10-22(33)11-6-18)32(28(27)35)21-8-3-17(4-9-21)20-2-1-13-31-15-20/h1-15,25-27,33-34H,16H2/t25-,26-,27-/m1/s1. The van der Waals surface area contributed by atoms with E-state index in [2.05, 4.69) is 4.98 Å². The fraction of sp³-hybridized carbons (Fsp3) is 0.143. The first-order valence-electron chi connectivity index (χ1n) is 11.3. The monoisotopic (exact) mass is 536 g/mol. The maximum Gasteiger partial charge on any atom is 0.243 e. The molecular formula is C28H22Cl2N2O3S. The molecule has 1 fully saturated rings. The lowest BCUT2D eigenvalue weighted by Crippen LogP contribution is -2.57. The summed E-state index contributed by atoms with van der Waals surface area (Å²) in [6.07, 6.45) is 2.73. The summed E-state index contributed by atoms with van der Waals surface area (Å²) in [5, 5.41) is 20.9. The number of rotatable bonds is 7. The molecule has 2 heterocycles. The molecular weight excluding hydrogens is 515 g/mol. The van der Waals surface area contributed by atoms with Crippen molar-refractivity contribution in [3.63, 3.8) is 0 Å². The number of halogens is 2. The second-order valence-corrected chi connectivity index (χ2v) is 10.5. The third-order valence-electron chi connectivity index (χ3n) is 6.18. The first kappa shape index (κ1) is 24.7. The Hall–Kier alpha value is -3.03. The lowest BCUT2D eigenvalue weighted by Gasteiger charge is -2.47. The number of hydrogen-bond donors (Lipinski definition) is 2. The summed E-state index contributed by atoms with van der Waals surface area (Å²) in [5.41, 5.74) is 4.35. The van der Waals surface area contributed by atoms with Gasteiger partial charge >= 0.3 is 0 Å². The van der Waals surface area contributed by atoms with Crippen molar-refractivity contribution in [1.82, 2.24) is 4.98 Å². The predicted molar refractivity (Wildman–Crippen MR) is 146 cm³/mol.